The molecule has 5 heteroatoms. The van der Waals surface area contributed by atoms with E-state index in [1.54, 1.807) is 22.6 Å². The fraction of sp³-hybridized carbons (Fsp3) is 0.231. The van der Waals surface area contributed by atoms with Crippen LogP contribution in [-0.4, -0.2) is 27.6 Å². The number of benzene rings is 1. The Morgan fingerprint density at radius 3 is 2.56 bits per heavy atom. The van der Waals surface area contributed by atoms with E-state index < -0.39 is 0 Å². The van der Waals surface area contributed by atoms with Crippen molar-refractivity contribution in [3.63, 3.8) is 0 Å². The Kier molecular flexibility index (Phi) is 4.49. The topological polar surface area (TPSA) is 34.9 Å². The summed E-state index contributed by atoms with van der Waals surface area (Å²) in [5, 5.41) is 4.07. The third kappa shape index (κ3) is 3.40. The van der Waals surface area contributed by atoms with Crippen LogP contribution in [0.1, 0.15) is 10.4 Å². The quantitative estimate of drug-likeness (QED) is 0.622. The van der Waals surface area contributed by atoms with Crippen molar-refractivity contribution >= 4 is 29.3 Å². The lowest BCUT2D eigenvalue weighted by molar-refractivity contribution is 0.102. The Bertz CT molecular complexity index is 534. The fourth-order valence-corrected chi connectivity index (χ4v) is 2.70. The van der Waals surface area contributed by atoms with Gasteiger partial charge in [0.1, 0.15) is 0 Å². The SMILES string of the molecule is CSc1ccc(C(=O)CSc2cnn(C)c2)cc1. The molecule has 0 atom stereocenters. The van der Waals surface area contributed by atoms with E-state index >= 15 is 0 Å². The smallest absolute Gasteiger partial charge is 0.173 e. The van der Waals surface area contributed by atoms with Gasteiger partial charge in [0.05, 0.1) is 11.9 Å². The molecular weight excluding hydrogens is 264 g/mol. The molecule has 0 radical (unpaired) electrons. The van der Waals surface area contributed by atoms with Crippen LogP contribution in [-0.2, 0) is 7.05 Å². The molecule has 0 saturated carbocycles. The van der Waals surface area contributed by atoms with Crippen molar-refractivity contribution in [2.45, 2.75) is 9.79 Å². The number of aromatic nitrogens is 2. The summed E-state index contributed by atoms with van der Waals surface area (Å²) in [6.45, 7) is 0. The molecule has 18 heavy (non-hydrogen) atoms. The molecule has 2 aromatic rings. The summed E-state index contributed by atoms with van der Waals surface area (Å²) >= 11 is 3.19. The number of ketones is 1. The monoisotopic (exact) mass is 278 g/mol. The van der Waals surface area contributed by atoms with Crippen molar-refractivity contribution < 1.29 is 4.79 Å². The third-order valence-corrected chi connectivity index (χ3v) is 4.16. The Balaban J connectivity index is 1.94. The Morgan fingerprint density at radius 2 is 2.00 bits per heavy atom. The van der Waals surface area contributed by atoms with Crippen LogP contribution in [0.2, 0.25) is 0 Å². The van der Waals surface area contributed by atoms with Gasteiger partial charge in [0.15, 0.2) is 5.78 Å². The second kappa shape index (κ2) is 6.11. The number of carbonyl (C=O) groups excluding carboxylic acids is 1. The number of aryl methyl sites for hydroxylation is 1. The molecule has 0 spiro atoms. The van der Waals surface area contributed by atoms with Gasteiger partial charge in [-0.3, -0.25) is 9.48 Å². The van der Waals surface area contributed by atoms with Gasteiger partial charge in [0.2, 0.25) is 0 Å². The Hall–Kier alpha value is -1.20. The van der Waals surface area contributed by atoms with Gasteiger partial charge in [-0.15, -0.1) is 23.5 Å². The van der Waals surface area contributed by atoms with Gasteiger partial charge >= 0.3 is 0 Å². The molecule has 0 amide bonds. The van der Waals surface area contributed by atoms with Crippen molar-refractivity contribution in [1.82, 2.24) is 9.78 Å². The first-order chi connectivity index (χ1) is 8.69. The highest BCUT2D eigenvalue weighted by Crippen LogP contribution is 2.19. The molecule has 0 saturated heterocycles. The largest absolute Gasteiger partial charge is 0.293 e. The van der Waals surface area contributed by atoms with E-state index in [2.05, 4.69) is 5.10 Å². The summed E-state index contributed by atoms with van der Waals surface area (Å²) in [4.78, 5) is 14.2. The van der Waals surface area contributed by atoms with E-state index in [4.69, 9.17) is 0 Å². The number of rotatable bonds is 5. The number of nitrogens with zero attached hydrogens (tertiary/aromatic N) is 2. The van der Waals surface area contributed by atoms with Gasteiger partial charge in [-0.05, 0) is 18.4 Å². The van der Waals surface area contributed by atoms with Crippen LogP contribution in [0.5, 0.6) is 0 Å². The van der Waals surface area contributed by atoms with E-state index in [1.165, 1.54) is 16.7 Å². The number of hydrogen-bond acceptors (Lipinski definition) is 4. The molecule has 94 valence electrons. The molecule has 0 aliphatic carbocycles. The lowest BCUT2D eigenvalue weighted by Crippen LogP contribution is -2.01. The summed E-state index contributed by atoms with van der Waals surface area (Å²) in [5.74, 6) is 0.598. The van der Waals surface area contributed by atoms with E-state index in [9.17, 15) is 4.79 Å². The van der Waals surface area contributed by atoms with Crippen LogP contribution in [0, 0.1) is 0 Å². The van der Waals surface area contributed by atoms with Gasteiger partial charge in [-0.1, -0.05) is 12.1 Å². The van der Waals surface area contributed by atoms with E-state index in [1.807, 2.05) is 43.8 Å². The van der Waals surface area contributed by atoms with Gasteiger partial charge in [0, 0.05) is 28.6 Å². The average molecular weight is 278 g/mol. The highest BCUT2D eigenvalue weighted by Gasteiger charge is 2.07. The summed E-state index contributed by atoms with van der Waals surface area (Å²) in [5.41, 5.74) is 0.768. The molecule has 1 aromatic heterocycles. The van der Waals surface area contributed by atoms with Gasteiger partial charge in [-0.25, -0.2) is 0 Å². The second-order valence-corrected chi connectivity index (χ2v) is 5.72. The van der Waals surface area contributed by atoms with Crippen molar-refractivity contribution in [1.29, 1.82) is 0 Å². The third-order valence-electron chi connectivity index (χ3n) is 2.46. The minimum absolute atomic E-state index is 0.150. The zero-order valence-electron chi connectivity index (χ0n) is 10.3. The van der Waals surface area contributed by atoms with E-state index in [0.29, 0.717) is 5.75 Å². The molecule has 0 aliphatic heterocycles. The first-order valence-corrected chi connectivity index (χ1v) is 7.69. The average Bonchev–Trinajstić information content (AvgIpc) is 2.82. The normalized spacial score (nSPS) is 10.6. The number of hydrogen-bond donors (Lipinski definition) is 0. The Labute approximate surface area is 115 Å². The van der Waals surface area contributed by atoms with Gasteiger partial charge < -0.3 is 0 Å². The van der Waals surface area contributed by atoms with Crippen molar-refractivity contribution in [2.75, 3.05) is 12.0 Å². The zero-order chi connectivity index (χ0) is 13.0. The minimum Gasteiger partial charge on any atom is -0.293 e. The Morgan fingerprint density at radius 1 is 1.28 bits per heavy atom. The summed E-state index contributed by atoms with van der Waals surface area (Å²) in [7, 11) is 1.87. The number of Topliss-reactive ketones (excluding diaryl/α,β-unsaturated/α-hetero) is 1. The van der Waals surface area contributed by atoms with Crippen LogP contribution >= 0.6 is 23.5 Å². The summed E-state index contributed by atoms with van der Waals surface area (Å²) < 4.78 is 1.74. The number of carbonyl (C=O) groups is 1. The zero-order valence-corrected chi connectivity index (χ0v) is 11.9. The number of thioether (sulfide) groups is 2. The molecule has 3 nitrogen and oxygen atoms in total. The van der Waals surface area contributed by atoms with Crippen molar-refractivity contribution in [2.24, 2.45) is 7.05 Å². The maximum Gasteiger partial charge on any atom is 0.173 e. The van der Waals surface area contributed by atoms with E-state index in [0.717, 1.165) is 10.5 Å². The summed E-state index contributed by atoms with van der Waals surface area (Å²) in [6, 6.07) is 7.73. The maximum absolute atomic E-state index is 12.0. The predicted octanol–water partition coefficient (Wildman–Crippen LogP) is 3.12. The molecular formula is C13H14N2OS2. The molecule has 0 unspecified atom stereocenters. The first-order valence-electron chi connectivity index (χ1n) is 5.48. The molecule has 0 aliphatic rings. The highest BCUT2D eigenvalue weighted by atomic mass is 32.2. The van der Waals surface area contributed by atoms with Crippen LogP contribution < -0.4 is 0 Å². The predicted molar refractivity (Wildman–Crippen MR) is 76.5 cm³/mol. The van der Waals surface area contributed by atoms with Gasteiger partial charge in [-0.2, -0.15) is 5.10 Å². The molecule has 0 fully saturated rings. The van der Waals surface area contributed by atoms with Crippen LogP contribution in [0.3, 0.4) is 0 Å². The standard InChI is InChI=1S/C13H14N2OS2/c1-15-8-12(7-14-15)18-9-13(16)10-3-5-11(17-2)6-4-10/h3-8H,9H2,1-2H3. The highest BCUT2D eigenvalue weighted by molar-refractivity contribution is 8.00. The maximum atomic E-state index is 12.0. The van der Waals surface area contributed by atoms with Crippen LogP contribution in [0.25, 0.3) is 0 Å². The van der Waals surface area contributed by atoms with Crippen molar-refractivity contribution in [3.05, 3.63) is 42.2 Å². The lowest BCUT2D eigenvalue weighted by Gasteiger charge is -2.01. The molecule has 0 bridgehead atoms. The second-order valence-electron chi connectivity index (χ2n) is 3.79. The molecule has 1 aromatic carbocycles. The molecule has 0 N–H and O–H groups in total. The molecule has 1 heterocycles. The first kappa shape index (κ1) is 13.2. The van der Waals surface area contributed by atoms with Crippen molar-refractivity contribution in [3.8, 4) is 0 Å². The summed E-state index contributed by atoms with van der Waals surface area (Å²) in [6.07, 6.45) is 5.71. The van der Waals surface area contributed by atoms with Gasteiger partial charge in [0.25, 0.3) is 0 Å². The molecule has 2 rings (SSSR count). The fourth-order valence-electron chi connectivity index (χ4n) is 1.48. The van der Waals surface area contributed by atoms with E-state index in [-0.39, 0.29) is 5.78 Å². The van der Waals surface area contributed by atoms with Crippen LogP contribution in [0.15, 0.2) is 46.5 Å². The minimum atomic E-state index is 0.150. The van der Waals surface area contributed by atoms with Crippen LogP contribution in [0.4, 0.5) is 0 Å². The lowest BCUT2D eigenvalue weighted by atomic mass is 10.1.